The van der Waals surface area contributed by atoms with Gasteiger partial charge >= 0.3 is 0 Å². The minimum absolute atomic E-state index is 0.0218. The van der Waals surface area contributed by atoms with E-state index in [0.29, 0.717) is 12.8 Å². The van der Waals surface area contributed by atoms with Crippen LogP contribution in [0.4, 0.5) is 5.69 Å². The number of nitrogens with zero attached hydrogens (tertiary/aromatic N) is 1. The predicted octanol–water partition coefficient (Wildman–Crippen LogP) is 6.61. The second-order valence-electron chi connectivity index (χ2n) is 9.61. The zero-order valence-corrected chi connectivity index (χ0v) is 20.5. The number of hydrogen-bond donors (Lipinski definition) is 2. The van der Waals surface area contributed by atoms with Crippen molar-refractivity contribution in [1.29, 1.82) is 0 Å². The fourth-order valence-corrected chi connectivity index (χ4v) is 4.91. The third-order valence-electron chi connectivity index (χ3n) is 6.87. The molecule has 5 nitrogen and oxygen atoms in total. The Morgan fingerprint density at radius 3 is 2.79 bits per heavy atom. The topological polar surface area (TPSA) is 79.3 Å². The van der Waals surface area contributed by atoms with Gasteiger partial charge in [0.05, 0.1) is 11.6 Å². The summed E-state index contributed by atoms with van der Waals surface area (Å²) < 4.78 is 0. The van der Waals surface area contributed by atoms with E-state index in [1.54, 1.807) is 6.20 Å². The number of nitrogens with one attached hydrogen (secondary N) is 1. The largest absolute Gasteiger partial charge is 0.392 e. The van der Waals surface area contributed by atoms with E-state index in [0.717, 1.165) is 55.1 Å². The lowest BCUT2D eigenvalue weighted by atomic mass is 9.88. The maximum absolute atomic E-state index is 12.4. The molecule has 1 saturated carbocycles. The Hall–Kier alpha value is -2.53. The first-order valence-corrected chi connectivity index (χ1v) is 13.1. The molecule has 34 heavy (non-hydrogen) atoms. The maximum Gasteiger partial charge on any atom is 0.224 e. The summed E-state index contributed by atoms with van der Waals surface area (Å²) >= 11 is 0. The highest BCUT2D eigenvalue weighted by Crippen LogP contribution is 2.34. The van der Waals surface area contributed by atoms with Crippen LogP contribution in [0.15, 0.2) is 48.7 Å². The number of aliphatic hydroxyl groups excluding tert-OH is 1. The number of aliphatic hydroxyl groups is 1. The van der Waals surface area contributed by atoms with Crippen LogP contribution in [0.5, 0.6) is 0 Å². The van der Waals surface area contributed by atoms with Crippen LogP contribution in [0.3, 0.4) is 0 Å². The number of hydrogen-bond acceptors (Lipinski definition) is 4. The van der Waals surface area contributed by atoms with Gasteiger partial charge in [-0.25, -0.2) is 0 Å². The molecule has 2 N–H and O–H groups in total. The second-order valence-corrected chi connectivity index (χ2v) is 9.61. The van der Waals surface area contributed by atoms with Gasteiger partial charge in [-0.1, -0.05) is 69.7 Å². The number of pyridine rings is 1. The second kappa shape index (κ2) is 14.0. The van der Waals surface area contributed by atoms with Crippen molar-refractivity contribution in [1.82, 2.24) is 4.98 Å². The fourth-order valence-electron chi connectivity index (χ4n) is 4.91. The smallest absolute Gasteiger partial charge is 0.224 e. The monoisotopic (exact) mass is 464 g/mol. The van der Waals surface area contributed by atoms with E-state index in [1.165, 1.54) is 25.7 Å². The molecule has 0 radical (unpaired) electrons. The lowest BCUT2D eigenvalue weighted by Gasteiger charge is -2.17. The highest BCUT2D eigenvalue weighted by Gasteiger charge is 2.39. The number of benzene rings is 1. The van der Waals surface area contributed by atoms with Crippen molar-refractivity contribution in [3.05, 3.63) is 48.7 Å². The number of amides is 1. The van der Waals surface area contributed by atoms with Crippen molar-refractivity contribution < 1.29 is 14.7 Å². The Morgan fingerprint density at radius 2 is 1.94 bits per heavy atom. The number of allylic oxidation sites excluding steroid dienone is 1. The van der Waals surface area contributed by atoms with Gasteiger partial charge in [-0.2, -0.15) is 0 Å². The summed E-state index contributed by atoms with van der Waals surface area (Å²) in [7, 11) is 0. The molecule has 3 atom stereocenters. The van der Waals surface area contributed by atoms with E-state index in [-0.39, 0.29) is 23.5 Å². The molecule has 0 spiro atoms. The number of Topliss-reactive ketones (excluding diaryl/α,β-unsaturated/α-hetero) is 1. The third kappa shape index (κ3) is 8.05. The van der Waals surface area contributed by atoms with Gasteiger partial charge in [-0.05, 0) is 43.9 Å². The van der Waals surface area contributed by atoms with Crippen LogP contribution in [-0.2, 0) is 9.59 Å². The van der Waals surface area contributed by atoms with Gasteiger partial charge in [0.1, 0.15) is 5.78 Å². The minimum Gasteiger partial charge on any atom is -0.392 e. The first-order valence-electron chi connectivity index (χ1n) is 13.1. The third-order valence-corrected chi connectivity index (χ3v) is 6.87. The van der Waals surface area contributed by atoms with Crippen LogP contribution >= 0.6 is 0 Å². The highest BCUT2D eigenvalue weighted by molar-refractivity contribution is 5.93. The molecule has 0 aliphatic heterocycles. The number of rotatable bonds is 14. The van der Waals surface area contributed by atoms with E-state index in [9.17, 15) is 14.7 Å². The van der Waals surface area contributed by atoms with E-state index < -0.39 is 6.10 Å². The maximum atomic E-state index is 12.4. The van der Waals surface area contributed by atoms with Gasteiger partial charge in [-0.3, -0.25) is 14.6 Å². The number of aromatic nitrogens is 1. The number of carbonyl (C=O) groups is 2. The molecule has 1 aliphatic carbocycles. The normalized spacial score (nSPS) is 20.4. The van der Waals surface area contributed by atoms with E-state index in [1.807, 2.05) is 30.3 Å². The average molecular weight is 465 g/mol. The number of anilines is 1. The molecule has 184 valence electrons. The Morgan fingerprint density at radius 1 is 1.12 bits per heavy atom. The number of carbonyl (C=O) groups excluding carboxylic acids is 2. The van der Waals surface area contributed by atoms with Crippen LogP contribution in [0, 0.1) is 11.8 Å². The zero-order valence-electron chi connectivity index (χ0n) is 20.5. The van der Waals surface area contributed by atoms with Crippen molar-refractivity contribution in [2.24, 2.45) is 11.8 Å². The van der Waals surface area contributed by atoms with E-state index in [2.05, 4.69) is 29.4 Å². The molecule has 3 rings (SSSR count). The molecule has 1 aliphatic rings. The molecule has 1 amide bonds. The summed E-state index contributed by atoms with van der Waals surface area (Å²) in [6, 6.07) is 9.67. The first kappa shape index (κ1) is 26.1. The molecule has 2 aromatic rings. The lowest BCUT2D eigenvalue weighted by molar-refractivity contribution is -0.121. The molecule has 1 heterocycles. The molecule has 0 saturated heterocycles. The van der Waals surface area contributed by atoms with Gasteiger partial charge < -0.3 is 10.4 Å². The summed E-state index contributed by atoms with van der Waals surface area (Å²) in [5, 5.41) is 14.3. The Kier molecular flexibility index (Phi) is 10.7. The van der Waals surface area contributed by atoms with Crippen molar-refractivity contribution in [3.63, 3.8) is 0 Å². The van der Waals surface area contributed by atoms with Crippen LogP contribution in [0.1, 0.15) is 84.0 Å². The van der Waals surface area contributed by atoms with E-state index in [4.69, 9.17) is 0 Å². The quantitative estimate of drug-likeness (QED) is 0.244. The van der Waals surface area contributed by atoms with Crippen LogP contribution in [0.25, 0.3) is 10.9 Å². The van der Waals surface area contributed by atoms with Crippen LogP contribution < -0.4 is 5.32 Å². The summed E-state index contributed by atoms with van der Waals surface area (Å²) in [6.45, 7) is 2.21. The lowest BCUT2D eigenvalue weighted by Crippen LogP contribution is -2.18. The fraction of sp³-hybridized carbons (Fsp3) is 0.552. The first-order chi connectivity index (χ1) is 16.6. The van der Waals surface area contributed by atoms with E-state index >= 15 is 0 Å². The van der Waals surface area contributed by atoms with Gasteiger partial charge in [0, 0.05) is 41.9 Å². The van der Waals surface area contributed by atoms with Gasteiger partial charge in [0.25, 0.3) is 0 Å². The predicted molar refractivity (Wildman–Crippen MR) is 139 cm³/mol. The van der Waals surface area contributed by atoms with Crippen molar-refractivity contribution >= 4 is 28.3 Å². The molecule has 1 aromatic carbocycles. The average Bonchev–Trinajstić information content (AvgIpc) is 3.10. The molecule has 0 unspecified atom stereocenters. The van der Waals surface area contributed by atoms with Crippen molar-refractivity contribution in [3.8, 4) is 0 Å². The minimum atomic E-state index is -0.529. The summed E-state index contributed by atoms with van der Waals surface area (Å²) in [5.74, 6) is 0.151. The zero-order chi connectivity index (χ0) is 24.2. The number of ketones is 1. The molecule has 1 fully saturated rings. The summed E-state index contributed by atoms with van der Waals surface area (Å²) in [5.41, 5.74) is 1.65. The molecule has 1 aromatic heterocycles. The SMILES string of the molecule is CCCCCC/C=C/[C@H]1[C@H](O)CC(=O)[C@@H]1CCCCCCC(=O)Nc1ccc2cccnc2c1. The molecule has 0 bridgehead atoms. The molecule has 5 heteroatoms. The standard InChI is InChI=1S/C29H40N2O3/c1-2-3-4-5-6-9-14-24-25(28(33)21-27(24)32)15-10-7-8-11-16-29(34)31-23-18-17-22-13-12-19-30-26(22)20-23/h9,12-14,17-20,24-25,27,32H,2-8,10-11,15-16,21H2,1H3,(H,31,34)/b14-9+/t24-,25-,27-/m1/s1. The Balaban J connectivity index is 1.32. The van der Waals surface area contributed by atoms with Gasteiger partial charge in [0.2, 0.25) is 5.91 Å². The Bertz CT molecular complexity index is 955. The molecular weight excluding hydrogens is 424 g/mol. The van der Waals surface area contributed by atoms with Crippen molar-refractivity contribution in [2.75, 3.05) is 5.32 Å². The summed E-state index contributed by atoms with van der Waals surface area (Å²) in [4.78, 5) is 29.0. The summed E-state index contributed by atoms with van der Waals surface area (Å²) in [6.07, 6.45) is 16.8. The Labute approximate surface area is 204 Å². The highest BCUT2D eigenvalue weighted by atomic mass is 16.3. The van der Waals surface area contributed by atoms with Crippen molar-refractivity contribution in [2.45, 2.75) is 90.1 Å². The number of fused-ring (bicyclic) bond motifs is 1. The molecular formula is C29H40N2O3. The van der Waals surface area contributed by atoms with Gasteiger partial charge in [-0.15, -0.1) is 0 Å². The number of unbranched alkanes of at least 4 members (excludes halogenated alkanes) is 7. The van der Waals surface area contributed by atoms with Crippen LogP contribution in [0.2, 0.25) is 0 Å². The van der Waals surface area contributed by atoms with Crippen LogP contribution in [-0.4, -0.2) is 27.9 Å². The van der Waals surface area contributed by atoms with Gasteiger partial charge in [0.15, 0.2) is 0 Å².